The van der Waals surface area contributed by atoms with Crippen molar-refractivity contribution in [1.82, 2.24) is 5.32 Å². The molecule has 0 radical (unpaired) electrons. The Hall–Kier alpha value is -0.540. The molecule has 1 spiro atoms. The molecule has 3 nitrogen and oxygen atoms in total. The van der Waals surface area contributed by atoms with Crippen LogP contribution < -0.4 is 5.32 Å². The Morgan fingerprint density at radius 2 is 2.08 bits per heavy atom. The van der Waals surface area contributed by atoms with Crippen LogP contribution in [0.4, 0.5) is 0 Å². The number of allylic oxidation sites excluding steroid dienone is 1. The summed E-state index contributed by atoms with van der Waals surface area (Å²) in [5, 5.41) is 11.6. The molecule has 2 rings (SSSR count). The lowest BCUT2D eigenvalue weighted by molar-refractivity contribution is -0.131. The fourth-order valence-corrected chi connectivity index (χ4v) is 1.92. The van der Waals surface area contributed by atoms with Crippen molar-refractivity contribution in [2.24, 2.45) is 5.41 Å². The Morgan fingerprint density at radius 3 is 2.42 bits per heavy atom. The molecule has 1 saturated heterocycles. The minimum atomic E-state index is -0.804. The first-order valence-corrected chi connectivity index (χ1v) is 3.83. The van der Waals surface area contributed by atoms with Crippen molar-refractivity contribution in [3.63, 3.8) is 0 Å². The van der Waals surface area contributed by atoms with Crippen molar-refractivity contribution in [2.45, 2.75) is 12.8 Å². The Labute approximate surface area is 77.3 Å². The number of nitrogens with one attached hydrogen (secondary N) is 1. The lowest BCUT2D eigenvalue weighted by Crippen LogP contribution is -2.58. The molecule has 4 heteroatoms. The lowest BCUT2D eigenvalue weighted by Gasteiger charge is -2.51. The molecule has 0 bridgehead atoms. The first-order valence-electron chi connectivity index (χ1n) is 3.83. The molecule has 2 aliphatic rings. The van der Waals surface area contributed by atoms with E-state index in [4.69, 9.17) is 5.11 Å². The average Bonchev–Trinajstić information content (AvgIpc) is 1.71. The summed E-state index contributed by atoms with van der Waals surface area (Å²) in [6, 6.07) is 0. The average molecular weight is 190 g/mol. The van der Waals surface area contributed by atoms with E-state index in [1.165, 1.54) is 6.08 Å². The van der Waals surface area contributed by atoms with Gasteiger partial charge in [-0.2, -0.15) is 0 Å². The van der Waals surface area contributed by atoms with E-state index >= 15 is 0 Å². The number of carboxylic acids is 1. The molecule has 1 heterocycles. The molecule has 0 aromatic carbocycles. The number of aliphatic carboxylic acids is 1. The summed E-state index contributed by atoms with van der Waals surface area (Å²) < 4.78 is 0. The third kappa shape index (κ3) is 1.47. The van der Waals surface area contributed by atoms with Crippen LogP contribution in [0.3, 0.4) is 0 Å². The number of hydrogen-bond donors (Lipinski definition) is 2. The van der Waals surface area contributed by atoms with Crippen LogP contribution in [0.1, 0.15) is 12.8 Å². The van der Waals surface area contributed by atoms with Crippen LogP contribution in [0.2, 0.25) is 0 Å². The first kappa shape index (κ1) is 9.55. The number of rotatable bonds is 1. The molecule has 12 heavy (non-hydrogen) atoms. The van der Waals surface area contributed by atoms with Crippen molar-refractivity contribution in [2.75, 3.05) is 13.1 Å². The maximum atomic E-state index is 10.2. The van der Waals surface area contributed by atoms with Gasteiger partial charge in [0.25, 0.3) is 0 Å². The summed E-state index contributed by atoms with van der Waals surface area (Å²) in [6.45, 7) is 2.15. The summed E-state index contributed by atoms with van der Waals surface area (Å²) in [7, 11) is 0. The smallest absolute Gasteiger partial charge is 0.328 e. The number of carbonyl (C=O) groups is 1. The molecule has 1 aliphatic heterocycles. The van der Waals surface area contributed by atoms with Crippen molar-refractivity contribution >= 4 is 18.4 Å². The number of carboxylic acid groups (broad SMARTS) is 1. The molecule has 0 aromatic rings. The van der Waals surface area contributed by atoms with Crippen LogP contribution in [0.15, 0.2) is 11.6 Å². The van der Waals surface area contributed by atoms with E-state index < -0.39 is 5.97 Å². The minimum absolute atomic E-state index is 0. The minimum Gasteiger partial charge on any atom is -0.478 e. The lowest BCUT2D eigenvalue weighted by atomic mass is 9.62. The summed E-state index contributed by atoms with van der Waals surface area (Å²) in [4.78, 5) is 10.2. The monoisotopic (exact) mass is 189 g/mol. The van der Waals surface area contributed by atoms with Gasteiger partial charge in [0.1, 0.15) is 0 Å². The van der Waals surface area contributed by atoms with Crippen LogP contribution in [0, 0.1) is 5.41 Å². The van der Waals surface area contributed by atoms with E-state index in [1.807, 2.05) is 0 Å². The summed E-state index contributed by atoms with van der Waals surface area (Å²) in [5.74, 6) is -0.804. The second-order valence-corrected chi connectivity index (χ2v) is 3.60. The summed E-state index contributed by atoms with van der Waals surface area (Å²) in [5.41, 5.74) is 1.56. The van der Waals surface area contributed by atoms with Gasteiger partial charge < -0.3 is 10.4 Å². The quantitative estimate of drug-likeness (QED) is 0.600. The Kier molecular flexibility index (Phi) is 2.44. The number of halogens is 1. The summed E-state index contributed by atoms with van der Waals surface area (Å²) in [6.07, 6.45) is 3.34. The van der Waals surface area contributed by atoms with Crippen LogP contribution >= 0.6 is 12.4 Å². The van der Waals surface area contributed by atoms with Crippen LogP contribution in [-0.4, -0.2) is 24.2 Å². The topological polar surface area (TPSA) is 49.3 Å². The van der Waals surface area contributed by atoms with E-state index in [9.17, 15) is 4.79 Å². The highest BCUT2D eigenvalue weighted by atomic mass is 35.5. The standard InChI is InChI=1S/C8H11NO2.ClH/c10-7(11)1-6-2-8(3-6)4-9-5-8;/h1,9H,2-5H2,(H,10,11);1H. The molecule has 2 fully saturated rings. The third-order valence-electron chi connectivity index (χ3n) is 2.53. The highest BCUT2D eigenvalue weighted by Gasteiger charge is 2.45. The normalized spacial score (nSPS) is 23.5. The molecule has 1 saturated carbocycles. The predicted octanol–water partition coefficient (Wildman–Crippen LogP) is 0.803. The van der Waals surface area contributed by atoms with Gasteiger partial charge in [0.15, 0.2) is 0 Å². The third-order valence-corrected chi connectivity index (χ3v) is 2.53. The van der Waals surface area contributed by atoms with Crippen LogP contribution in [-0.2, 0) is 4.79 Å². The SMILES string of the molecule is Cl.O=C(O)C=C1CC2(CNC2)C1. The van der Waals surface area contributed by atoms with Crippen molar-refractivity contribution in [3.8, 4) is 0 Å². The van der Waals surface area contributed by atoms with Gasteiger partial charge in [0, 0.05) is 24.6 Å². The van der Waals surface area contributed by atoms with E-state index in [0.29, 0.717) is 5.41 Å². The molecule has 2 N–H and O–H groups in total. The fourth-order valence-electron chi connectivity index (χ4n) is 1.92. The summed E-state index contributed by atoms with van der Waals surface area (Å²) >= 11 is 0. The van der Waals surface area contributed by atoms with E-state index in [0.717, 1.165) is 31.5 Å². The number of hydrogen-bond acceptors (Lipinski definition) is 2. The molecule has 0 amide bonds. The molecule has 0 aromatic heterocycles. The van der Waals surface area contributed by atoms with Gasteiger partial charge >= 0.3 is 5.97 Å². The van der Waals surface area contributed by atoms with Gasteiger partial charge in [0.2, 0.25) is 0 Å². The highest BCUT2D eigenvalue weighted by molar-refractivity contribution is 5.85. The Balaban J connectivity index is 0.000000720. The zero-order chi connectivity index (χ0) is 7.90. The zero-order valence-corrected chi connectivity index (χ0v) is 7.49. The predicted molar refractivity (Wildman–Crippen MR) is 47.5 cm³/mol. The molecule has 68 valence electrons. The van der Waals surface area contributed by atoms with Gasteiger partial charge in [-0.25, -0.2) is 4.79 Å². The van der Waals surface area contributed by atoms with Crippen molar-refractivity contribution in [3.05, 3.63) is 11.6 Å². The van der Waals surface area contributed by atoms with Gasteiger partial charge in [0.05, 0.1) is 0 Å². The van der Waals surface area contributed by atoms with Crippen LogP contribution in [0.5, 0.6) is 0 Å². The van der Waals surface area contributed by atoms with E-state index in [-0.39, 0.29) is 12.4 Å². The van der Waals surface area contributed by atoms with E-state index in [1.54, 1.807) is 0 Å². The Morgan fingerprint density at radius 1 is 1.50 bits per heavy atom. The van der Waals surface area contributed by atoms with Gasteiger partial charge in [-0.15, -0.1) is 12.4 Å². The maximum Gasteiger partial charge on any atom is 0.328 e. The van der Waals surface area contributed by atoms with Crippen LogP contribution in [0.25, 0.3) is 0 Å². The van der Waals surface area contributed by atoms with Crippen molar-refractivity contribution in [1.29, 1.82) is 0 Å². The van der Waals surface area contributed by atoms with Gasteiger partial charge in [-0.3, -0.25) is 0 Å². The molecular weight excluding hydrogens is 178 g/mol. The molecular formula is C8H12ClNO2. The first-order chi connectivity index (χ1) is 5.20. The highest BCUT2D eigenvalue weighted by Crippen LogP contribution is 2.47. The largest absolute Gasteiger partial charge is 0.478 e. The second kappa shape index (κ2) is 3.07. The van der Waals surface area contributed by atoms with E-state index in [2.05, 4.69) is 5.32 Å². The van der Waals surface area contributed by atoms with Crippen molar-refractivity contribution < 1.29 is 9.90 Å². The van der Waals surface area contributed by atoms with Gasteiger partial charge in [-0.1, -0.05) is 5.57 Å². The molecule has 0 unspecified atom stereocenters. The maximum absolute atomic E-state index is 10.2. The molecule has 0 atom stereocenters. The fraction of sp³-hybridized carbons (Fsp3) is 0.625. The molecule has 1 aliphatic carbocycles. The second-order valence-electron chi connectivity index (χ2n) is 3.60. The van der Waals surface area contributed by atoms with Gasteiger partial charge in [-0.05, 0) is 12.8 Å². The zero-order valence-electron chi connectivity index (χ0n) is 6.67. The Bertz CT molecular complexity index is 223.